The van der Waals surface area contributed by atoms with Crippen LogP contribution in [0.25, 0.3) is 0 Å². The van der Waals surface area contributed by atoms with Crippen molar-refractivity contribution in [1.29, 1.82) is 0 Å². The molecule has 5 amide bonds. The number of amides is 5. The number of nitrogens with one attached hydrogen (secondary N) is 1. The molecule has 1 saturated heterocycles. The molecule has 47 heavy (non-hydrogen) atoms. The van der Waals surface area contributed by atoms with E-state index in [0.717, 1.165) is 32.5 Å². The van der Waals surface area contributed by atoms with E-state index in [2.05, 4.69) is 10.2 Å². The molecule has 0 aromatic carbocycles. The van der Waals surface area contributed by atoms with Crippen molar-refractivity contribution in [2.45, 2.75) is 123 Å². The summed E-state index contributed by atoms with van der Waals surface area (Å²) in [7, 11) is 4.51. The average Bonchev–Trinajstić information content (AvgIpc) is 2.99. The van der Waals surface area contributed by atoms with E-state index in [1.165, 1.54) is 49.1 Å². The van der Waals surface area contributed by atoms with Gasteiger partial charge in [-0.3, -0.25) is 24.0 Å². The molecule has 0 radical (unpaired) electrons. The molecule has 0 aliphatic carbocycles. The lowest BCUT2D eigenvalue weighted by atomic mass is 9.95. The van der Waals surface area contributed by atoms with Crippen LogP contribution in [-0.2, 0) is 28.7 Å². The van der Waals surface area contributed by atoms with Crippen LogP contribution in [0.1, 0.15) is 93.4 Å². The van der Waals surface area contributed by atoms with E-state index in [9.17, 15) is 29.1 Å². The van der Waals surface area contributed by atoms with Gasteiger partial charge in [-0.05, 0) is 64.5 Å². The Kier molecular flexibility index (Phi) is 17.9. The molecule has 0 bridgehead atoms. The second kappa shape index (κ2) is 19.9. The number of likely N-dealkylation sites (tertiary alicyclic amines) is 1. The van der Waals surface area contributed by atoms with Gasteiger partial charge in [0.15, 0.2) is 0 Å². The monoisotopic (exact) mass is 668 g/mol. The fourth-order valence-electron chi connectivity index (χ4n) is 5.80. The summed E-state index contributed by atoms with van der Waals surface area (Å²) in [4.78, 5) is 73.1. The first kappa shape index (κ1) is 42.3. The molecule has 0 spiro atoms. The van der Waals surface area contributed by atoms with Gasteiger partial charge in [-0.1, -0.05) is 41.0 Å². The molecule has 0 aromatic heterocycles. The molecule has 1 fully saturated rings. The van der Waals surface area contributed by atoms with Crippen LogP contribution in [0, 0.1) is 11.8 Å². The van der Waals surface area contributed by atoms with Gasteiger partial charge in [0.05, 0.1) is 18.8 Å². The zero-order valence-electron chi connectivity index (χ0n) is 30.7. The highest BCUT2D eigenvalue weighted by Crippen LogP contribution is 2.20. The largest absolute Gasteiger partial charge is 0.390 e. The number of nitrogens with two attached hydrogens (primary N) is 1. The molecule has 1 aliphatic heterocycles. The minimum Gasteiger partial charge on any atom is -0.390 e. The first-order valence-electron chi connectivity index (χ1n) is 17.2. The zero-order valence-corrected chi connectivity index (χ0v) is 30.7. The second-order valence-electron chi connectivity index (χ2n) is 14.5. The third-order valence-electron chi connectivity index (χ3n) is 8.77. The first-order valence-corrected chi connectivity index (χ1v) is 17.2. The van der Waals surface area contributed by atoms with E-state index >= 15 is 0 Å². The highest BCUT2D eigenvalue weighted by atomic mass is 16.5. The van der Waals surface area contributed by atoms with Crippen LogP contribution in [0.4, 0.5) is 0 Å². The maximum atomic E-state index is 14.1. The predicted octanol–water partition coefficient (Wildman–Crippen LogP) is 1.60. The fraction of sp³-hybridized carbons (Fsp3) is 0.853. The van der Waals surface area contributed by atoms with Crippen LogP contribution in [0.15, 0.2) is 0 Å². The number of rotatable bonds is 20. The van der Waals surface area contributed by atoms with Gasteiger partial charge >= 0.3 is 0 Å². The number of likely N-dealkylation sites (N-methyl/N-ethyl adjacent to an activating group) is 3. The van der Waals surface area contributed by atoms with Crippen LogP contribution in [-0.4, -0.2) is 138 Å². The van der Waals surface area contributed by atoms with E-state index in [-0.39, 0.29) is 37.2 Å². The first-order chi connectivity index (χ1) is 21.8. The number of nitrogens with zero attached hydrogens (tertiary/aromatic N) is 4. The Morgan fingerprint density at radius 2 is 1.47 bits per heavy atom. The number of primary amides is 1. The van der Waals surface area contributed by atoms with Crippen LogP contribution < -0.4 is 11.1 Å². The number of carbonyl (C=O) groups is 5. The van der Waals surface area contributed by atoms with Gasteiger partial charge < -0.3 is 40.5 Å². The topological polar surface area (TPSA) is 166 Å². The normalized spacial score (nSPS) is 16.7. The lowest BCUT2D eigenvalue weighted by Gasteiger charge is -2.37. The van der Waals surface area contributed by atoms with Gasteiger partial charge in [0.1, 0.15) is 24.2 Å². The number of hydrogen-bond acceptors (Lipinski definition) is 8. The van der Waals surface area contributed by atoms with Gasteiger partial charge in [-0.15, -0.1) is 0 Å². The van der Waals surface area contributed by atoms with Crippen molar-refractivity contribution in [3.8, 4) is 0 Å². The van der Waals surface area contributed by atoms with Crippen molar-refractivity contribution in [3.05, 3.63) is 0 Å². The van der Waals surface area contributed by atoms with Crippen LogP contribution in [0.5, 0.6) is 0 Å². The molecule has 13 heteroatoms. The van der Waals surface area contributed by atoms with Gasteiger partial charge in [0.2, 0.25) is 29.5 Å². The van der Waals surface area contributed by atoms with Crippen molar-refractivity contribution in [2.75, 3.05) is 54.0 Å². The third-order valence-corrected chi connectivity index (χ3v) is 8.77. The minimum absolute atomic E-state index is 0.0535. The minimum atomic E-state index is -1.36. The zero-order chi connectivity index (χ0) is 36.1. The molecule has 1 heterocycles. The van der Waals surface area contributed by atoms with Crippen molar-refractivity contribution < 1.29 is 33.8 Å². The fourth-order valence-corrected chi connectivity index (χ4v) is 5.80. The second-order valence-corrected chi connectivity index (χ2v) is 14.5. The lowest BCUT2D eigenvalue weighted by Crippen LogP contribution is -2.61. The summed E-state index contributed by atoms with van der Waals surface area (Å²) in [6.45, 7) is 15.4. The van der Waals surface area contributed by atoms with Crippen molar-refractivity contribution >= 4 is 29.5 Å². The summed E-state index contributed by atoms with van der Waals surface area (Å²) in [5, 5.41) is 13.6. The predicted molar refractivity (Wildman–Crippen MR) is 182 cm³/mol. The van der Waals surface area contributed by atoms with Gasteiger partial charge in [-0.25, -0.2) is 0 Å². The molecule has 1 rings (SSSR count). The van der Waals surface area contributed by atoms with E-state index in [1.54, 1.807) is 20.9 Å². The van der Waals surface area contributed by atoms with Gasteiger partial charge in [-0.2, -0.15) is 0 Å². The summed E-state index contributed by atoms with van der Waals surface area (Å²) >= 11 is 0. The Bertz CT molecular complexity index is 1020. The number of piperidine rings is 1. The van der Waals surface area contributed by atoms with Gasteiger partial charge in [0.25, 0.3) is 0 Å². The number of carbonyl (C=O) groups excluding carboxylic acids is 5. The maximum Gasteiger partial charge on any atom is 0.248 e. The third kappa shape index (κ3) is 14.1. The smallest absolute Gasteiger partial charge is 0.248 e. The molecular weight excluding hydrogens is 604 g/mol. The number of ether oxygens (including phenoxy) is 1. The van der Waals surface area contributed by atoms with E-state index in [0.29, 0.717) is 19.4 Å². The molecule has 0 saturated carbocycles. The standard InChI is InChI=1S/C34H64N6O7/c1-11-15-28(41)37(8)27(22-47-19-18-40-16-13-12-14-17-40)32(44)39(10)26(21-34(6,7)46)31(43)36-29(24(4)5)33(45)38(9)25(30(35)42)20-23(2)3/h23-27,29,46H,11-22H2,1-10H3,(H2,35,42)(H,36,43)/t25-,26-,27+,29-/m0/s1. The molecule has 272 valence electrons. The van der Waals surface area contributed by atoms with E-state index in [4.69, 9.17) is 10.5 Å². The maximum absolute atomic E-state index is 14.1. The Morgan fingerprint density at radius 3 is 1.96 bits per heavy atom. The van der Waals surface area contributed by atoms with Crippen molar-refractivity contribution in [3.63, 3.8) is 0 Å². The quantitative estimate of drug-likeness (QED) is 0.165. The molecule has 13 nitrogen and oxygen atoms in total. The van der Waals surface area contributed by atoms with Gasteiger partial charge in [0, 0.05) is 40.5 Å². The van der Waals surface area contributed by atoms with E-state index in [1.807, 2.05) is 20.8 Å². The summed E-state index contributed by atoms with van der Waals surface area (Å²) in [5.41, 5.74) is 4.28. The van der Waals surface area contributed by atoms with Crippen LogP contribution in [0.2, 0.25) is 0 Å². The molecule has 0 unspecified atom stereocenters. The SMILES string of the molecule is CCCC(=O)N(C)[C@H](COCCN1CCCCC1)C(=O)N(C)[C@@H](CC(C)(C)O)C(=O)N[C@H](C(=O)N(C)[C@@H](CC(C)C)C(N)=O)C(C)C. The summed E-state index contributed by atoms with van der Waals surface area (Å²) in [6, 6.07) is -4.07. The van der Waals surface area contributed by atoms with E-state index < -0.39 is 53.4 Å². The van der Waals surface area contributed by atoms with Crippen molar-refractivity contribution in [1.82, 2.24) is 24.9 Å². The van der Waals surface area contributed by atoms with Crippen LogP contribution in [0.3, 0.4) is 0 Å². The Hall–Kier alpha value is -2.77. The highest BCUT2D eigenvalue weighted by molar-refractivity contribution is 5.95. The Labute approximate surface area is 282 Å². The summed E-state index contributed by atoms with van der Waals surface area (Å²) in [6.07, 6.45) is 4.59. The number of aliphatic hydroxyl groups is 1. The van der Waals surface area contributed by atoms with Crippen LogP contribution >= 0.6 is 0 Å². The molecular formula is C34H64N6O7. The lowest BCUT2D eigenvalue weighted by molar-refractivity contribution is -0.152. The molecule has 1 aliphatic rings. The Balaban J connectivity index is 3.28. The number of hydrogen-bond donors (Lipinski definition) is 3. The summed E-state index contributed by atoms with van der Waals surface area (Å²) in [5.74, 6) is -2.79. The Morgan fingerprint density at radius 1 is 0.894 bits per heavy atom. The van der Waals surface area contributed by atoms with Crippen molar-refractivity contribution in [2.24, 2.45) is 17.6 Å². The highest BCUT2D eigenvalue weighted by Gasteiger charge is 2.40. The summed E-state index contributed by atoms with van der Waals surface area (Å²) < 4.78 is 5.96. The average molecular weight is 669 g/mol. The molecule has 0 aromatic rings. The molecule has 4 atom stereocenters. The molecule has 4 N–H and O–H groups in total.